The van der Waals surface area contributed by atoms with Crippen molar-refractivity contribution in [2.75, 3.05) is 0 Å². The fourth-order valence-electron chi connectivity index (χ4n) is 1.46. The number of aromatic amines is 4. The van der Waals surface area contributed by atoms with Crippen LogP contribution in [0.25, 0.3) is 10.9 Å². The third kappa shape index (κ3) is 13.7. The van der Waals surface area contributed by atoms with Gasteiger partial charge < -0.3 is 19.7 Å². The maximum absolute atomic E-state index is 8.88. The Hall–Kier alpha value is -3.15. The summed E-state index contributed by atoms with van der Waals surface area (Å²) in [6.07, 6.45) is 4.21. The Balaban J connectivity index is 0.000000206. The van der Waals surface area contributed by atoms with Gasteiger partial charge in [0.1, 0.15) is 24.1 Å². The topological polar surface area (TPSA) is 257 Å². The number of phosphoric acid groups is 1. The number of halogens is 2. The van der Waals surface area contributed by atoms with Gasteiger partial charge in [-0.1, -0.05) is 29.8 Å². The average molecular weight is 539 g/mol. The van der Waals surface area contributed by atoms with E-state index in [2.05, 4.69) is 82.8 Å². The van der Waals surface area contributed by atoms with Crippen molar-refractivity contribution in [1.82, 2.24) is 66.9 Å². The van der Waals surface area contributed by atoms with E-state index in [1.54, 1.807) is 0 Å². The second-order valence-electron chi connectivity index (χ2n) is 4.50. The molecule has 0 spiro atoms. The maximum atomic E-state index is 8.88. The highest BCUT2D eigenvalue weighted by molar-refractivity contribution is 9.10. The molecular formula is C11H14BrClN13O4P. The van der Waals surface area contributed by atoms with Gasteiger partial charge in [-0.05, 0) is 53.3 Å². The normalized spacial score (nSPS) is 9.58. The molecule has 0 aliphatic rings. The summed E-state index contributed by atoms with van der Waals surface area (Å²) in [6.45, 7) is 0. The smallest absolute Gasteiger partial charge is 0.345 e. The summed E-state index contributed by atoms with van der Waals surface area (Å²) in [6, 6.07) is 7.96. The van der Waals surface area contributed by atoms with Crippen LogP contribution in [0.3, 0.4) is 0 Å². The van der Waals surface area contributed by atoms with Crippen LogP contribution in [0.1, 0.15) is 0 Å². The van der Waals surface area contributed by atoms with E-state index in [4.69, 9.17) is 30.8 Å². The summed E-state index contributed by atoms with van der Waals surface area (Å²) < 4.78 is 9.82. The van der Waals surface area contributed by atoms with E-state index in [0.717, 1.165) is 15.4 Å². The van der Waals surface area contributed by atoms with Gasteiger partial charge >= 0.3 is 7.82 Å². The lowest BCUT2D eigenvalue weighted by Crippen LogP contribution is -1.66. The van der Waals surface area contributed by atoms with E-state index in [9.17, 15) is 0 Å². The number of hydrogen-bond donors (Lipinski definition) is 7. The zero-order valence-corrected chi connectivity index (χ0v) is 18.3. The summed E-state index contributed by atoms with van der Waals surface area (Å²) >= 11 is 9.24. The second-order valence-corrected chi connectivity index (χ2v) is 6.70. The van der Waals surface area contributed by atoms with Crippen molar-refractivity contribution in [3.8, 4) is 0 Å². The van der Waals surface area contributed by atoms with Crippen LogP contribution in [0, 0.1) is 0 Å². The molecule has 0 amide bonds. The van der Waals surface area contributed by atoms with Crippen LogP contribution < -0.4 is 0 Å². The molecule has 0 saturated heterocycles. The third-order valence-electron chi connectivity index (χ3n) is 2.41. The molecule has 5 aromatic rings. The Morgan fingerprint density at radius 1 is 0.839 bits per heavy atom. The number of para-hydroxylation sites is 1. The van der Waals surface area contributed by atoms with Gasteiger partial charge in [0.05, 0.1) is 4.47 Å². The van der Waals surface area contributed by atoms with Gasteiger partial charge in [0.15, 0.2) is 0 Å². The first-order valence-electron chi connectivity index (χ1n) is 7.50. The molecule has 0 aliphatic heterocycles. The van der Waals surface area contributed by atoms with Crippen molar-refractivity contribution < 1.29 is 19.2 Å². The molecule has 0 unspecified atom stereocenters. The molecule has 4 aromatic heterocycles. The average Bonchev–Trinajstić information content (AvgIpc) is 3.52. The summed E-state index contributed by atoms with van der Waals surface area (Å²) in [5, 5.41) is 38.1. The number of aromatic nitrogens is 13. The maximum Gasteiger partial charge on any atom is 0.466 e. The van der Waals surface area contributed by atoms with Gasteiger partial charge in [-0.3, -0.25) is 0 Å². The van der Waals surface area contributed by atoms with Gasteiger partial charge in [-0.15, -0.1) is 15.3 Å². The summed E-state index contributed by atoms with van der Waals surface area (Å²) in [4.78, 5) is 24.6. The van der Waals surface area contributed by atoms with Crippen LogP contribution in [-0.4, -0.2) is 81.5 Å². The van der Waals surface area contributed by atoms with Crippen molar-refractivity contribution in [2.24, 2.45) is 0 Å². The fraction of sp³-hybridized carbons (Fsp3) is 0. The van der Waals surface area contributed by atoms with Crippen molar-refractivity contribution in [1.29, 1.82) is 0 Å². The first-order chi connectivity index (χ1) is 14.8. The highest BCUT2D eigenvalue weighted by Gasteiger charge is 2.04. The number of hydrogen-bond acceptors (Lipinski definition) is 10. The van der Waals surface area contributed by atoms with Gasteiger partial charge in [-0.2, -0.15) is 0 Å². The van der Waals surface area contributed by atoms with Crippen LogP contribution in [0.4, 0.5) is 0 Å². The minimum absolute atomic E-state index is 0.659. The van der Waals surface area contributed by atoms with Crippen molar-refractivity contribution in [3.63, 3.8) is 0 Å². The van der Waals surface area contributed by atoms with Gasteiger partial charge in [0.25, 0.3) is 0 Å². The molecule has 1 aromatic carbocycles. The van der Waals surface area contributed by atoms with E-state index in [1.807, 2.05) is 24.3 Å². The van der Waals surface area contributed by atoms with E-state index in [1.165, 1.54) is 19.0 Å². The third-order valence-corrected chi connectivity index (χ3v) is 3.74. The molecule has 17 nitrogen and oxygen atoms in total. The monoisotopic (exact) mass is 537 g/mol. The number of rotatable bonds is 0. The number of H-pyrrole nitrogens is 4. The van der Waals surface area contributed by atoms with Crippen LogP contribution in [0.15, 0.2) is 47.7 Å². The molecule has 4 heterocycles. The number of tetrazole rings is 3. The fourth-order valence-corrected chi connectivity index (χ4v) is 2.11. The Bertz CT molecular complexity index is 964. The zero-order valence-electron chi connectivity index (χ0n) is 15.0. The Labute approximate surface area is 185 Å². The predicted octanol–water partition coefficient (Wildman–Crippen LogP) is 0.254. The molecule has 31 heavy (non-hydrogen) atoms. The van der Waals surface area contributed by atoms with Crippen molar-refractivity contribution >= 4 is 46.3 Å². The van der Waals surface area contributed by atoms with Crippen LogP contribution in [0.2, 0.25) is 5.15 Å². The second kappa shape index (κ2) is 14.8. The van der Waals surface area contributed by atoms with Crippen LogP contribution in [-0.2, 0) is 4.57 Å². The highest BCUT2D eigenvalue weighted by Crippen LogP contribution is 2.30. The largest absolute Gasteiger partial charge is 0.466 e. The molecule has 0 saturated carbocycles. The lowest BCUT2D eigenvalue weighted by Gasteiger charge is -1.85. The SMILES string of the molecule is Clc1[nH]c2ccccc2c1Br.O=P(O)(O)O.c1nnn[nH]1.c1nnn[nH]1.c1nnn[nH]1. The van der Waals surface area contributed by atoms with Gasteiger partial charge in [0, 0.05) is 10.9 Å². The molecule has 20 heteroatoms. The van der Waals surface area contributed by atoms with Crippen LogP contribution >= 0.6 is 35.4 Å². The van der Waals surface area contributed by atoms with Gasteiger partial charge in [0.2, 0.25) is 0 Å². The summed E-state index contributed by atoms with van der Waals surface area (Å²) in [5.41, 5.74) is 1.06. The molecule has 0 fully saturated rings. The Morgan fingerprint density at radius 3 is 1.55 bits per heavy atom. The molecule has 7 N–H and O–H groups in total. The first-order valence-corrected chi connectivity index (χ1v) is 10.2. The van der Waals surface area contributed by atoms with Crippen molar-refractivity contribution in [2.45, 2.75) is 0 Å². The molecule has 166 valence electrons. The minimum Gasteiger partial charge on any atom is -0.345 e. The lowest BCUT2D eigenvalue weighted by molar-refractivity contribution is 0.275. The molecular weight excluding hydrogens is 525 g/mol. The molecule has 0 atom stereocenters. The number of benzene rings is 1. The lowest BCUT2D eigenvalue weighted by atomic mass is 10.3. The van der Waals surface area contributed by atoms with E-state index >= 15 is 0 Å². The summed E-state index contributed by atoms with van der Waals surface area (Å²) in [5.74, 6) is 0. The number of fused-ring (bicyclic) bond motifs is 1. The standard InChI is InChI=1S/C8H5BrClN.3CH2N4.H3O4P/c9-7-5-3-1-2-4-6(5)11-8(7)10;3*1-2-4-5-3-1;1-5(2,3)4/h1-4,11H;3*1H,(H,2,3,4,5);(H3,1,2,3,4). The molecule has 0 aliphatic carbocycles. The van der Waals surface area contributed by atoms with Gasteiger partial charge in [-0.25, -0.2) is 19.9 Å². The van der Waals surface area contributed by atoms with Crippen LogP contribution in [0.5, 0.6) is 0 Å². The molecule has 0 radical (unpaired) electrons. The Morgan fingerprint density at radius 2 is 1.26 bits per heavy atom. The quantitative estimate of drug-likeness (QED) is 0.131. The first kappa shape index (κ1) is 25.9. The molecule has 5 rings (SSSR count). The van der Waals surface area contributed by atoms with Crippen molar-refractivity contribution in [3.05, 3.63) is 52.9 Å². The minimum atomic E-state index is -4.64. The van der Waals surface area contributed by atoms with E-state index in [-0.39, 0.29) is 0 Å². The zero-order chi connectivity index (χ0) is 23.0. The highest BCUT2D eigenvalue weighted by atomic mass is 79.9. The van der Waals surface area contributed by atoms with E-state index in [0.29, 0.717) is 5.15 Å². The predicted molar refractivity (Wildman–Crippen MR) is 108 cm³/mol. The molecule has 0 bridgehead atoms. The Kier molecular flexibility index (Phi) is 12.3. The van der Waals surface area contributed by atoms with E-state index < -0.39 is 7.82 Å². The number of nitrogens with one attached hydrogen (secondary N) is 4. The summed E-state index contributed by atoms with van der Waals surface area (Å²) in [7, 11) is -4.64. The number of nitrogens with zero attached hydrogens (tertiary/aromatic N) is 9.